The van der Waals surface area contributed by atoms with Crippen molar-refractivity contribution in [3.05, 3.63) is 29.6 Å². The number of aryl methyl sites for hydroxylation is 2. The highest BCUT2D eigenvalue weighted by Crippen LogP contribution is 2.20. The van der Waals surface area contributed by atoms with Crippen LogP contribution in [0, 0.1) is 0 Å². The van der Waals surface area contributed by atoms with E-state index in [0.717, 1.165) is 0 Å². The Hall–Kier alpha value is -1.15. The van der Waals surface area contributed by atoms with Gasteiger partial charge in [0.05, 0.1) is 0 Å². The lowest BCUT2D eigenvalue weighted by Crippen LogP contribution is -2.38. The minimum atomic E-state index is -6.09. The maximum absolute atomic E-state index is 10.7. The van der Waals surface area contributed by atoms with Crippen LogP contribution in [0.1, 0.15) is 102 Å². The zero-order chi connectivity index (χ0) is 23.8. The molecule has 0 spiro atoms. The van der Waals surface area contributed by atoms with Crippen molar-refractivity contribution in [1.29, 1.82) is 0 Å². The summed E-state index contributed by atoms with van der Waals surface area (Å²) in [6.07, 6.45) is 19.1. The fourth-order valence-electron chi connectivity index (χ4n) is 3.35. The minimum Gasteiger partial charge on any atom is -0.741 e. The van der Waals surface area contributed by atoms with Gasteiger partial charge in [0, 0.05) is 25.0 Å². The summed E-state index contributed by atoms with van der Waals surface area (Å²) in [4.78, 5) is 0. The highest BCUT2D eigenvalue weighted by Gasteiger charge is 2.36. The van der Waals surface area contributed by atoms with E-state index in [1.807, 2.05) is 0 Å². The van der Waals surface area contributed by atoms with Crippen LogP contribution in [0.3, 0.4) is 0 Å². The first kappa shape index (κ1) is 29.9. The van der Waals surface area contributed by atoms with Crippen molar-refractivity contribution in [3.63, 3.8) is 0 Å². The van der Waals surface area contributed by atoms with E-state index in [-0.39, 0.29) is 0 Å². The van der Waals surface area contributed by atoms with Gasteiger partial charge in [0.1, 0.15) is 7.05 Å². The molecule has 4 nitrogen and oxygen atoms in total. The van der Waals surface area contributed by atoms with Crippen LogP contribution in [0.15, 0.2) is 18.2 Å². The summed E-state index contributed by atoms with van der Waals surface area (Å²) in [7, 11) is -3.83. The maximum atomic E-state index is 10.7. The molecule has 1 aromatic heterocycles. The fourth-order valence-corrected chi connectivity index (χ4v) is 3.35. The van der Waals surface area contributed by atoms with Gasteiger partial charge < -0.3 is 4.55 Å². The number of rotatable bonds is 14. The molecule has 1 aromatic rings. The van der Waals surface area contributed by atoms with Crippen LogP contribution >= 0.6 is 0 Å². The molecule has 1 heterocycles. The molecule has 0 aliphatic heterocycles. The molecule has 182 valence electrons. The molecule has 0 aromatic carbocycles. The van der Waals surface area contributed by atoms with Crippen LogP contribution in [0.4, 0.5) is 13.2 Å². The molecule has 0 saturated carbocycles. The normalized spacial score (nSPS) is 11.8. The molecule has 1 rings (SSSR count). The number of aromatic nitrogens is 1. The summed E-state index contributed by atoms with van der Waals surface area (Å²) in [5.74, 6) is 0. The van der Waals surface area contributed by atoms with Crippen molar-refractivity contribution < 1.29 is 30.7 Å². The molecule has 31 heavy (non-hydrogen) atoms. The molecular formula is C23H40F3NO3S. The lowest BCUT2D eigenvalue weighted by Gasteiger charge is -2.08. The molecular weight excluding hydrogens is 427 g/mol. The quantitative estimate of drug-likeness (QED) is 0.138. The topological polar surface area (TPSA) is 61.1 Å². The van der Waals surface area contributed by atoms with Crippen molar-refractivity contribution in [2.45, 2.75) is 109 Å². The van der Waals surface area contributed by atoms with Gasteiger partial charge in [-0.1, -0.05) is 78.1 Å². The predicted octanol–water partition coefficient (Wildman–Crippen LogP) is 6.37. The first-order valence-electron chi connectivity index (χ1n) is 11.5. The Morgan fingerprint density at radius 2 is 1.10 bits per heavy atom. The summed E-state index contributed by atoms with van der Waals surface area (Å²) in [6, 6.07) is 6.90. The molecule has 0 N–H and O–H groups in total. The first-order chi connectivity index (χ1) is 14.5. The van der Waals surface area contributed by atoms with E-state index in [1.54, 1.807) is 0 Å². The Balaban J connectivity index is 0.000000954. The van der Waals surface area contributed by atoms with Crippen LogP contribution in [0.5, 0.6) is 0 Å². The smallest absolute Gasteiger partial charge is 0.485 e. The van der Waals surface area contributed by atoms with Crippen LogP contribution in [-0.4, -0.2) is 18.5 Å². The third kappa shape index (κ3) is 14.5. The molecule has 0 aliphatic rings. The number of unbranched alkanes of at least 4 members (excludes halogenated alkanes) is 10. The van der Waals surface area contributed by atoms with Crippen LogP contribution in [-0.2, 0) is 30.0 Å². The van der Waals surface area contributed by atoms with Gasteiger partial charge in [-0.05, 0) is 18.9 Å². The van der Waals surface area contributed by atoms with E-state index >= 15 is 0 Å². The Kier molecular flexibility index (Phi) is 15.9. The van der Waals surface area contributed by atoms with Gasteiger partial charge in [-0.2, -0.15) is 13.2 Å². The van der Waals surface area contributed by atoms with Gasteiger partial charge in [-0.3, -0.25) is 0 Å². The van der Waals surface area contributed by atoms with E-state index < -0.39 is 15.6 Å². The van der Waals surface area contributed by atoms with Crippen LogP contribution in [0.25, 0.3) is 0 Å². The number of nitrogens with zero attached hydrogens (tertiary/aromatic N) is 1. The highest BCUT2D eigenvalue weighted by atomic mass is 32.2. The van der Waals surface area contributed by atoms with Crippen molar-refractivity contribution in [2.75, 3.05) is 0 Å². The average Bonchev–Trinajstić information content (AvgIpc) is 2.68. The summed E-state index contributed by atoms with van der Waals surface area (Å²) >= 11 is 0. The second-order valence-electron chi connectivity index (χ2n) is 8.00. The SMILES string of the molecule is CCCCCCCCc1cccc(CCCCCCCC)[n+]1C.O=S(=O)([O-])C(F)(F)F. The summed E-state index contributed by atoms with van der Waals surface area (Å²) in [5, 5.41) is 0. The standard InChI is InChI=1S/C22H40N.CHF3O3S/c1-4-6-8-10-12-14-17-21-19-16-20-22(23(21)3)18-15-13-11-9-7-5-2;2-1(3,4)8(5,6)7/h16,19-20H,4-15,17-18H2,1-3H3;(H,5,6,7)/q+1;/p-1. The first-order valence-corrected chi connectivity index (χ1v) is 12.9. The van der Waals surface area contributed by atoms with Gasteiger partial charge in [0.2, 0.25) is 0 Å². The van der Waals surface area contributed by atoms with Gasteiger partial charge in [0.15, 0.2) is 21.5 Å². The Bertz CT molecular complexity index is 658. The third-order valence-electron chi connectivity index (χ3n) is 5.30. The molecule has 0 saturated heterocycles. The largest absolute Gasteiger partial charge is 0.741 e. The molecule has 0 bridgehead atoms. The molecule has 0 fully saturated rings. The number of hydrogen-bond donors (Lipinski definition) is 0. The van der Waals surface area contributed by atoms with Crippen LogP contribution in [0.2, 0.25) is 0 Å². The average molecular weight is 468 g/mol. The molecule has 0 radical (unpaired) electrons. The van der Waals surface area contributed by atoms with Gasteiger partial charge in [0.25, 0.3) is 0 Å². The number of halogens is 3. The van der Waals surface area contributed by atoms with Gasteiger partial charge in [-0.25, -0.2) is 13.0 Å². The predicted molar refractivity (Wildman–Crippen MR) is 118 cm³/mol. The van der Waals surface area contributed by atoms with E-state index in [4.69, 9.17) is 13.0 Å². The number of hydrogen-bond acceptors (Lipinski definition) is 3. The van der Waals surface area contributed by atoms with Crippen molar-refractivity contribution >= 4 is 10.1 Å². The lowest BCUT2D eigenvalue weighted by molar-refractivity contribution is -0.686. The molecule has 0 atom stereocenters. The molecule has 0 unspecified atom stereocenters. The van der Waals surface area contributed by atoms with E-state index in [9.17, 15) is 13.2 Å². The van der Waals surface area contributed by atoms with E-state index in [0.29, 0.717) is 0 Å². The Morgan fingerprint density at radius 3 is 1.42 bits per heavy atom. The Labute approximate surface area is 187 Å². The van der Waals surface area contributed by atoms with Crippen molar-refractivity contribution in [2.24, 2.45) is 7.05 Å². The lowest BCUT2D eigenvalue weighted by atomic mass is 10.1. The Morgan fingerprint density at radius 1 is 0.774 bits per heavy atom. The van der Waals surface area contributed by atoms with Crippen molar-refractivity contribution in [1.82, 2.24) is 0 Å². The van der Waals surface area contributed by atoms with E-state index in [1.165, 1.54) is 101 Å². The molecule has 0 amide bonds. The zero-order valence-corrected chi connectivity index (χ0v) is 20.2. The van der Waals surface area contributed by atoms with Gasteiger partial charge in [-0.15, -0.1) is 0 Å². The summed E-state index contributed by atoms with van der Waals surface area (Å²) in [5.41, 5.74) is -2.61. The maximum Gasteiger partial charge on any atom is 0.485 e. The molecule has 8 heteroatoms. The second kappa shape index (κ2) is 16.5. The highest BCUT2D eigenvalue weighted by molar-refractivity contribution is 7.86. The van der Waals surface area contributed by atoms with Crippen LogP contribution < -0.4 is 4.57 Å². The number of alkyl halides is 3. The summed E-state index contributed by atoms with van der Waals surface area (Å²) < 4.78 is 61.4. The monoisotopic (exact) mass is 467 g/mol. The number of pyridine rings is 1. The molecule has 0 aliphatic carbocycles. The van der Waals surface area contributed by atoms with Crippen molar-refractivity contribution in [3.8, 4) is 0 Å². The minimum absolute atomic E-state index is 1.24. The fraction of sp³-hybridized carbons (Fsp3) is 0.783. The zero-order valence-electron chi connectivity index (χ0n) is 19.3. The van der Waals surface area contributed by atoms with Gasteiger partial charge >= 0.3 is 5.51 Å². The summed E-state index contributed by atoms with van der Waals surface area (Å²) in [6.45, 7) is 4.57. The second-order valence-corrected chi connectivity index (χ2v) is 9.37. The third-order valence-corrected chi connectivity index (χ3v) is 5.86. The van der Waals surface area contributed by atoms with E-state index in [2.05, 4.69) is 43.7 Å².